The Balaban J connectivity index is 1.64. The van der Waals surface area contributed by atoms with Crippen molar-refractivity contribution in [2.45, 2.75) is 13.5 Å². The molecule has 150 valence electrons. The first kappa shape index (κ1) is 20.0. The van der Waals surface area contributed by atoms with Gasteiger partial charge in [-0.3, -0.25) is 9.69 Å². The van der Waals surface area contributed by atoms with Crippen LogP contribution in [0.1, 0.15) is 21.5 Å². The molecule has 0 radical (unpaired) electrons. The topological polar surface area (TPSA) is 51.2 Å². The second kappa shape index (κ2) is 8.97. The summed E-state index contributed by atoms with van der Waals surface area (Å²) in [5.41, 5.74) is 2.95. The minimum atomic E-state index is 0.100. The van der Waals surface area contributed by atoms with Gasteiger partial charge in [0.05, 0.1) is 21.3 Å². The lowest BCUT2D eigenvalue weighted by Gasteiger charge is -2.35. The van der Waals surface area contributed by atoms with E-state index in [1.165, 1.54) is 0 Å². The van der Waals surface area contributed by atoms with Crippen molar-refractivity contribution in [1.29, 1.82) is 0 Å². The highest BCUT2D eigenvalue weighted by atomic mass is 16.5. The third kappa shape index (κ3) is 4.22. The minimum Gasteiger partial charge on any atom is -0.493 e. The Kier molecular flexibility index (Phi) is 6.41. The number of benzene rings is 2. The van der Waals surface area contributed by atoms with Gasteiger partial charge in [-0.25, -0.2) is 0 Å². The van der Waals surface area contributed by atoms with Crippen molar-refractivity contribution in [1.82, 2.24) is 9.80 Å². The number of nitrogens with zero attached hydrogens (tertiary/aromatic N) is 2. The number of hydrogen-bond donors (Lipinski definition) is 0. The molecule has 0 spiro atoms. The monoisotopic (exact) mass is 384 g/mol. The SMILES string of the molecule is COc1ccc(CN2CCN(C(=O)c3ccc(C)cc3)CC2)c(OC)c1OC. The maximum Gasteiger partial charge on any atom is 0.253 e. The van der Waals surface area contributed by atoms with Crippen LogP contribution in [0, 0.1) is 6.92 Å². The van der Waals surface area contributed by atoms with E-state index in [4.69, 9.17) is 14.2 Å². The molecule has 0 aromatic heterocycles. The predicted molar refractivity (Wildman–Crippen MR) is 108 cm³/mol. The zero-order valence-corrected chi connectivity index (χ0v) is 17.0. The number of piperazine rings is 1. The lowest BCUT2D eigenvalue weighted by atomic mass is 10.1. The van der Waals surface area contributed by atoms with E-state index in [-0.39, 0.29) is 5.91 Å². The van der Waals surface area contributed by atoms with Gasteiger partial charge in [-0.2, -0.15) is 0 Å². The summed E-state index contributed by atoms with van der Waals surface area (Å²) in [5.74, 6) is 2.05. The quantitative estimate of drug-likeness (QED) is 0.766. The highest BCUT2D eigenvalue weighted by Gasteiger charge is 2.24. The van der Waals surface area contributed by atoms with E-state index in [0.29, 0.717) is 30.3 Å². The highest BCUT2D eigenvalue weighted by Crippen LogP contribution is 2.40. The van der Waals surface area contributed by atoms with Crippen molar-refractivity contribution >= 4 is 5.91 Å². The van der Waals surface area contributed by atoms with Crippen molar-refractivity contribution in [2.24, 2.45) is 0 Å². The lowest BCUT2D eigenvalue weighted by Crippen LogP contribution is -2.48. The molecule has 6 heteroatoms. The summed E-state index contributed by atoms with van der Waals surface area (Å²) in [5, 5.41) is 0. The van der Waals surface area contributed by atoms with E-state index in [9.17, 15) is 4.79 Å². The Morgan fingerprint density at radius 1 is 0.857 bits per heavy atom. The van der Waals surface area contributed by atoms with Crippen LogP contribution < -0.4 is 14.2 Å². The Morgan fingerprint density at radius 3 is 2.07 bits per heavy atom. The van der Waals surface area contributed by atoms with Crippen LogP contribution >= 0.6 is 0 Å². The van der Waals surface area contributed by atoms with Gasteiger partial charge in [0.1, 0.15) is 0 Å². The van der Waals surface area contributed by atoms with E-state index in [2.05, 4.69) is 4.90 Å². The zero-order chi connectivity index (χ0) is 20.1. The summed E-state index contributed by atoms with van der Waals surface area (Å²) in [7, 11) is 4.86. The summed E-state index contributed by atoms with van der Waals surface area (Å²) in [6, 6.07) is 11.7. The molecule has 1 amide bonds. The molecule has 28 heavy (non-hydrogen) atoms. The van der Waals surface area contributed by atoms with Gasteiger partial charge in [0.2, 0.25) is 5.75 Å². The fraction of sp³-hybridized carbons (Fsp3) is 0.409. The summed E-state index contributed by atoms with van der Waals surface area (Å²) >= 11 is 0. The molecule has 1 aliphatic rings. The van der Waals surface area contributed by atoms with Crippen molar-refractivity contribution in [3.8, 4) is 17.2 Å². The average Bonchev–Trinajstić information content (AvgIpc) is 2.73. The van der Waals surface area contributed by atoms with Gasteiger partial charge in [0.15, 0.2) is 11.5 Å². The Labute approximate surface area is 166 Å². The summed E-state index contributed by atoms with van der Waals surface area (Å²) in [4.78, 5) is 16.9. The molecule has 0 N–H and O–H groups in total. The Hall–Kier alpha value is -2.73. The summed E-state index contributed by atoms with van der Waals surface area (Å²) in [6.07, 6.45) is 0. The van der Waals surface area contributed by atoms with E-state index < -0.39 is 0 Å². The number of aryl methyl sites for hydroxylation is 1. The second-order valence-electron chi connectivity index (χ2n) is 6.93. The van der Waals surface area contributed by atoms with E-state index in [1.807, 2.05) is 48.2 Å². The van der Waals surface area contributed by atoms with E-state index in [0.717, 1.165) is 36.3 Å². The molecule has 1 fully saturated rings. The fourth-order valence-corrected chi connectivity index (χ4v) is 3.52. The lowest BCUT2D eigenvalue weighted by molar-refractivity contribution is 0.0627. The minimum absolute atomic E-state index is 0.100. The molecule has 0 bridgehead atoms. The number of amides is 1. The fourth-order valence-electron chi connectivity index (χ4n) is 3.52. The Bertz CT molecular complexity index is 812. The van der Waals surface area contributed by atoms with Gasteiger partial charge >= 0.3 is 0 Å². The van der Waals surface area contributed by atoms with Crippen LogP contribution in [0.2, 0.25) is 0 Å². The number of hydrogen-bond acceptors (Lipinski definition) is 5. The standard InChI is InChI=1S/C22H28N2O4/c1-16-5-7-17(8-6-16)22(25)24-13-11-23(12-14-24)15-18-9-10-19(26-2)21(28-4)20(18)27-3/h5-10H,11-15H2,1-4H3. The zero-order valence-electron chi connectivity index (χ0n) is 17.0. The van der Waals surface area contributed by atoms with Crippen LogP contribution in [0.15, 0.2) is 36.4 Å². The number of ether oxygens (including phenoxy) is 3. The predicted octanol–water partition coefficient (Wildman–Crippen LogP) is 2.98. The largest absolute Gasteiger partial charge is 0.493 e. The average molecular weight is 384 g/mol. The van der Waals surface area contributed by atoms with Gasteiger partial charge in [0, 0.05) is 43.9 Å². The molecule has 0 atom stereocenters. The van der Waals surface area contributed by atoms with Gasteiger partial charge < -0.3 is 19.1 Å². The summed E-state index contributed by atoms with van der Waals surface area (Å²) in [6.45, 7) is 5.81. The molecular weight excluding hydrogens is 356 g/mol. The van der Waals surface area contributed by atoms with Crippen molar-refractivity contribution in [2.75, 3.05) is 47.5 Å². The third-order valence-corrected chi connectivity index (χ3v) is 5.14. The molecule has 1 saturated heterocycles. The molecule has 0 saturated carbocycles. The first-order valence-corrected chi connectivity index (χ1v) is 9.43. The van der Waals surface area contributed by atoms with Crippen LogP contribution in [0.3, 0.4) is 0 Å². The van der Waals surface area contributed by atoms with E-state index in [1.54, 1.807) is 21.3 Å². The first-order valence-electron chi connectivity index (χ1n) is 9.43. The van der Waals surface area contributed by atoms with Crippen LogP contribution in [0.5, 0.6) is 17.2 Å². The third-order valence-electron chi connectivity index (χ3n) is 5.14. The van der Waals surface area contributed by atoms with Crippen LogP contribution in [0.4, 0.5) is 0 Å². The Morgan fingerprint density at radius 2 is 1.50 bits per heavy atom. The van der Waals surface area contributed by atoms with Crippen molar-refractivity contribution in [3.05, 3.63) is 53.1 Å². The molecule has 3 rings (SSSR count). The number of methoxy groups -OCH3 is 3. The second-order valence-corrected chi connectivity index (χ2v) is 6.93. The van der Waals surface area contributed by atoms with E-state index >= 15 is 0 Å². The van der Waals surface area contributed by atoms with Crippen LogP contribution in [0.25, 0.3) is 0 Å². The van der Waals surface area contributed by atoms with Gasteiger partial charge in [-0.05, 0) is 25.1 Å². The molecule has 0 aliphatic carbocycles. The van der Waals surface area contributed by atoms with Crippen LogP contribution in [-0.4, -0.2) is 63.2 Å². The maximum absolute atomic E-state index is 12.7. The van der Waals surface area contributed by atoms with Gasteiger partial charge in [-0.1, -0.05) is 23.8 Å². The highest BCUT2D eigenvalue weighted by molar-refractivity contribution is 5.94. The molecule has 0 unspecified atom stereocenters. The van der Waals surface area contributed by atoms with Gasteiger partial charge in [0.25, 0.3) is 5.91 Å². The molecule has 1 aliphatic heterocycles. The van der Waals surface area contributed by atoms with Gasteiger partial charge in [-0.15, -0.1) is 0 Å². The normalized spacial score (nSPS) is 14.6. The molecular formula is C22H28N2O4. The molecule has 2 aromatic rings. The van der Waals surface area contributed by atoms with Crippen molar-refractivity contribution < 1.29 is 19.0 Å². The maximum atomic E-state index is 12.7. The molecule has 1 heterocycles. The molecule has 2 aromatic carbocycles. The molecule has 6 nitrogen and oxygen atoms in total. The van der Waals surface area contributed by atoms with Crippen molar-refractivity contribution in [3.63, 3.8) is 0 Å². The number of rotatable bonds is 6. The number of carbonyl (C=O) groups is 1. The smallest absolute Gasteiger partial charge is 0.253 e. The van der Waals surface area contributed by atoms with Crippen LogP contribution in [-0.2, 0) is 6.54 Å². The first-order chi connectivity index (χ1) is 13.6. The summed E-state index contributed by atoms with van der Waals surface area (Å²) < 4.78 is 16.4. The number of carbonyl (C=O) groups excluding carboxylic acids is 1.